The van der Waals surface area contributed by atoms with Crippen molar-refractivity contribution in [3.05, 3.63) is 54.1 Å². The molecule has 0 bridgehead atoms. The molecule has 5 heteroatoms. The van der Waals surface area contributed by atoms with Crippen LogP contribution in [0, 0.1) is 12.8 Å². The monoisotopic (exact) mass is 391 g/mol. The molecule has 0 aliphatic carbocycles. The van der Waals surface area contributed by atoms with Crippen molar-refractivity contribution in [1.29, 1.82) is 0 Å². The Labute approximate surface area is 170 Å². The lowest BCUT2D eigenvalue weighted by molar-refractivity contribution is -0.130. The van der Waals surface area contributed by atoms with E-state index in [0.29, 0.717) is 17.5 Å². The van der Waals surface area contributed by atoms with Crippen LogP contribution >= 0.6 is 11.8 Å². The van der Waals surface area contributed by atoms with Crippen LogP contribution in [0.25, 0.3) is 22.3 Å². The molecule has 1 atom stereocenters. The van der Waals surface area contributed by atoms with Gasteiger partial charge in [0.1, 0.15) is 5.03 Å². The van der Waals surface area contributed by atoms with Gasteiger partial charge in [-0.05, 0) is 37.8 Å². The van der Waals surface area contributed by atoms with Gasteiger partial charge in [0.05, 0.1) is 11.3 Å². The summed E-state index contributed by atoms with van der Waals surface area (Å²) in [7, 11) is 0. The molecule has 1 aliphatic rings. The third-order valence-corrected chi connectivity index (χ3v) is 6.17. The fourth-order valence-electron chi connectivity index (χ4n) is 3.68. The van der Waals surface area contributed by atoms with E-state index in [1.807, 2.05) is 41.3 Å². The first kappa shape index (κ1) is 18.9. The van der Waals surface area contributed by atoms with Gasteiger partial charge in [0.2, 0.25) is 5.91 Å². The number of nitrogens with zero attached hydrogens (tertiary/aromatic N) is 3. The number of aromatic nitrogens is 2. The highest BCUT2D eigenvalue weighted by Gasteiger charge is 2.21. The van der Waals surface area contributed by atoms with Gasteiger partial charge in [-0.2, -0.15) is 0 Å². The number of fused-ring (bicyclic) bond motifs is 1. The molecule has 1 aromatic heterocycles. The van der Waals surface area contributed by atoms with Crippen LogP contribution in [0.1, 0.15) is 25.3 Å². The van der Waals surface area contributed by atoms with Crippen LogP contribution in [0.15, 0.2) is 53.6 Å². The molecule has 0 N–H and O–H groups in total. The summed E-state index contributed by atoms with van der Waals surface area (Å²) in [5.41, 5.74) is 3.07. The zero-order valence-corrected chi connectivity index (χ0v) is 17.2. The molecule has 4 rings (SSSR count). The summed E-state index contributed by atoms with van der Waals surface area (Å²) in [6.07, 6.45) is 2.32. The average Bonchev–Trinajstić information content (AvgIpc) is 2.72. The lowest BCUT2D eigenvalue weighted by Gasteiger charge is -2.30. The van der Waals surface area contributed by atoms with Crippen molar-refractivity contribution in [2.24, 2.45) is 5.92 Å². The second-order valence-electron chi connectivity index (χ2n) is 7.61. The van der Waals surface area contributed by atoms with E-state index in [0.717, 1.165) is 41.0 Å². The summed E-state index contributed by atoms with van der Waals surface area (Å²) in [5.74, 6) is 1.92. The van der Waals surface area contributed by atoms with Crippen LogP contribution in [0.2, 0.25) is 0 Å². The number of piperidine rings is 1. The first-order valence-corrected chi connectivity index (χ1v) is 10.8. The second kappa shape index (κ2) is 8.31. The van der Waals surface area contributed by atoms with Gasteiger partial charge < -0.3 is 4.90 Å². The summed E-state index contributed by atoms with van der Waals surface area (Å²) >= 11 is 1.53. The predicted octanol–water partition coefficient (Wildman–Crippen LogP) is 4.96. The van der Waals surface area contributed by atoms with Gasteiger partial charge in [-0.1, -0.05) is 60.6 Å². The number of amides is 1. The maximum atomic E-state index is 12.7. The maximum Gasteiger partial charge on any atom is 0.232 e. The normalized spacial score (nSPS) is 17.1. The number of hydrogen-bond acceptors (Lipinski definition) is 4. The Morgan fingerprint density at radius 1 is 1.18 bits per heavy atom. The Kier molecular flexibility index (Phi) is 5.62. The number of carbonyl (C=O) groups excluding carboxylic acids is 1. The molecule has 1 aliphatic heterocycles. The second-order valence-corrected chi connectivity index (χ2v) is 8.58. The van der Waals surface area contributed by atoms with Crippen LogP contribution in [-0.2, 0) is 4.79 Å². The lowest BCUT2D eigenvalue weighted by atomic mass is 10.0. The topological polar surface area (TPSA) is 46.1 Å². The fourth-order valence-corrected chi connectivity index (χ4v) is 4.59. The largest absolute Gasteiger partial charge is 0.342 e. The molecule has 0 saturated carbocycles. The van der Waals surface area contributed by atoms with Crippen molar-refractivity contribution in [2.75, 3.05) is 18.8 Å². The van der Waals surface area contributed by atoms with E-state index in [1.165, 1.54) is 23.7 Å². The van der Waals surface area contributed by atoms with Gasteiger partial charge in [0.15, 0.2) is 5.82 Å². The third kappa shape index (κ3) is 4.20. The number of carbonyl (C=O) groups is 1. The molecular weight excluding hydrogens is 366 g/mol. The van der Waals surface area contributed by atoms with E-state index in [1.54, 1.807) is 0 Å². The van der Waals surface area contributed by atoms with E-state index in [4.69, 9.17) is 9.97 Å². The Hall–Kier alpha value is -2.40. The Morgan fingerprint density at radius 2 is 2.00 bits per heavy atom. The Morgan fingerprint density at radius 3 is 2.79 bits per heavy atom. The van der Waals surface area contributed by atoms with Gasteiger partial charge in [0.25, 0.3) is 0 Å². The number of benzene rings is 2. The Balaban J connectivity index is 1.63. The van der Waals surface area contributed by atoms with Gasteiger partial charge in [-0.15, -0.1) is 0 Å². The molecule has 2 aromatic carbocycles. The van der Waals surface area contributed by atoms with E-state index in [9.17, 15) is 4.79 Å². The van der Waals surface area contributed by atoms with Gasteiger partial charge in [0, 0.05) is 24.0 Å². The van der Waals surface area contributed by atoms with Crippen molar-refractivity contribution in [3.8, 4) is 11.4 Å². The minimum atomic E-state index is 0.206. The van der Waals surface area contributed by atoms with E-state index < -0.39 is 0 Å². The summed E-state index contributed by atoms with van der Waals surface area (Å²) in [4.78, 5) is 24.3. The maximum absolute atomic E-state index is 12.7. The number of aryl methyl sites for hydroxylation is 1. The van der Waals surface area contributed by atoms with Crippen molar-refractivity contribution < 1.29 is 4.79 Å². The number of hydrogen-bond donors (Lipinski definition) is 0. The quantitative estimate of drug-likeness (QED) is 0.466. The van der Waals surface area contributed by atoms with Crippen molar-refractivity contribution in [1.82, 2.24) is 14.9 Å². The molecule has 1 saturated heterocycles. The molecule has 2 heterocycles. The molecule has 0 radical (unpaired) electrons. The average molecular weight is 392 g/mol. The fraction of sp³-hybridized carbons (Fsp3) is 0.348. The van der Waals surface area contributed by atoms with Crippen LogP contribution in [-0.4, -0.2) is 39.6 Å². The molecule has 3 aromatic rings. The summed E-state index contributed by atoms with van der Waals surface area (Å²) in [5, 5.41) is 1.90. The van der Waals surface area contributed by atoms with Crippen molar-refractivity contribution >= 4 is 28.6 Å². The van der Waals surface area contributed by atoms with Gasteiger partial charge in [-0.3, -0.25) is 4.79 Å². The number of thioether (sulfide) groups is 1. The molecule has 0 spiro atoms. The summed E-state index contributed by atoms with van der Waals surface area (Å²) in [6, 6.07) is 16.2. The number of rotatable bonds is 4. The van der Waals surface area contributed by atoms with E-state index in [2.05, 4.69) is 26.0 Å². The van der Waals surface area contributed by atoms with Crippen molar-refractivity contribution in [2.45, 2.75) is 31.7 Å². The zero-order chi connectivity index (χ0) is 19.5. The van der Waals surface area contributed by atoms with Crippen LogP contribution < -0.4 is 0 Å². The first-order chi connectivity index (χ1) is 13.6. The minimum absolute atomic E-state index is 0.206. The van der Waals surface area contributed by atoms with E-state index in [-0.39, 0.29) is 5.91 Å². The molecule has 28 heavy (non-hydrogen) atoms. The smallest absolute Gasteiger partial charge is 0.232 e. The van der Waals surface area contributed by atoms with Crippen LogP contribution in [0.4, 0.5) is 0 Å². The van der Waals surface area contributed by atoms with Gasteiger partial charge >= 0.3 is 0 Å². The van der Waals surface area contributed by atoms with Crippen molar-refractivity contribution in [3.63, 3.8) is 0 Å². The molecule has 144 valence electrons. The summed E-state index contributed by atoms with van der Waals surface area (Å²) in [6.45, 7) is 6.04. The van der Waals surface area contributed by atoms with E-state index >= 15 is 0 Å². The highest BCUT2D eigenvalue weighted by molar-refractivity contribution is 8.00. The molecular formula is C23H25N3OS. The first-order valence-electron chi connectivity index (χ1n) is 9.84. The number of likely N-dealkylation sites (tertiary alicyclic amines) is 1. The minimum Gasteiger partial charge on any atom is -0.342 e. The van der Waals surface area contributed by atoms with Crippen LogP contribution in [0.5, 0.6) is 0 Å². The Bertz CT molecular complexity index is 990. The SMILES string of the molecule is Cc1ccc2nc(-c3ccccc3)nc(SCC(=O)N3CCCC(C)C3)c2c1. The standard InChI is InChI=1S/C23H25N3OS/c1-16-10-11-20-19(13-16)23(25-22(24-20)18-8-4-3-5-9-18)28-15-21(27)26-12-6-7-17(2)14-26/h3-5,8-11,13,17H,6-7,12,14-15H2,1-2H3. The lowest BCUT2D eigenvalue weighted by Crippen LogP contribution is -2.40. The molecule has 1 fully saturated rings. The highest BCUT2D eigenvalue weighted by atomic mass is 32.2. The highest BCUT2D eigenvalue weighted by Crippen LogP contribution is 2.29. The molecule has 4 nitrogen and oxygen atoms in total. The summed E-state index contributed by atoms with van der Waals surface area (Å²) < 4.78 is 0. The molecule has 1 amide bonds. The zero-order valence-electron chi connectivity index (χ0n) is 16.4. The predicted molar refractivity (Wildman–Crippen MR) is 115 cm³/mol. The van der Waals surface area contributed by atoms with Crippen LogP contribution in [0.3, 0.4) is 0 Å². The van der Waals surface area contributed by atoms with Gasteiger partial charge in [-0.25, -0.2) is 9.97 Å². The molecule has 1 unspecified atom stereocenters. The third-order valence-electron chi connectivity index (χ3n) is 5.19.